The fraction of sp³-hybridized carbons (Fsp3) is 0.333. The Labute approximate surface area is 129 Å². The van der Waals surface area contributed by atoms with Crippen molar-refractivity contribution in [3.05, 3.63) is 45.9 Å². The third-order valence-electron chi connectivity index (χ3n) is 3.08. The third kappa shape index (κ3) is 4.46. The fourth-order valence-electron chi connectivity index (χ4n) is 1.85. The minimum Gasteiger partial charge on any atom is -0.497 e. The molecule has 0 aliphatic heterocycles. The van der Waals surface area contributed by atoms with Crippen molar-refractivity contribution in [1.29, 1.82) is 0 Å². The molecule has 0 atom stereocenters. The van der Waals surface area contributed by atoms with Crippen molar-refractivity contribution in [2.75, 3.05) is 14.2 Å². The number of aryl methyl sites for hydroxylation is 1. The second kappa shape index (κ2) is 7.64. The van der Waals surface area contributed by atoms with Crippen LogP contribution < -0.4 is 15.4 Å². The Bertz CT molecular complexity index is 609. The lowest BCUT2D eigenvalue weighted by molar-refractivity contribution is 0.414. The minimum absolute atomic E-state index is 0.693. The molecule has 2 N–H and O–H groups in total. The summed E-state index contributed by atoms with van der Waals surface area (Å²) in [6.07, 6.45) is 0. The van der Waals surface area contributed by atoms with Gasteiger partial charge in [0.05, 0.1) is 24.9 Å². The van der Waals surface area contributed by atoms with Gasteiger partial charge in [-0.05, 0) is 24.6 Å². The number of methoxy groups -OCH3 is 1. The van der Waals surface area contributed by atoms with Crippen molar-refractivity contribution < 1.29 is 4.74 Å². The van der Waals surface area contributed by atoms with E-state index in [1.54, 1.807) is 25.5 Å². The van der Waals surface area contributed by atoms with Gasteiger partial charge in [0.25, 0.3) is 0 Å². The van der Waals surface area contributed by atoms with Gasteiger partial charge in [-0.1, -0.05) is 12.1 Å². The molecule has 0 amide bonds. The first-order valence-electron chi connectivity index (χ1n) is 6.69. The average molecular weight is 304 g/mol. The van der Waals surface area contributed by atoms with E-state index in [9.17, 15) is 0 Å². The topological polar surface area (TPSA) is 58.5 Å². The first kappa shape index (κ1) is 15.3. The second-order valence-electron chi connectivity index (χ2n) is 4.49. The number of rotatable bonds is 5. The lowest BCUT2D eigenvalue weighted by Crippen LogP contribution is -2.36. The van der Waals surface area contributed by atoms with Gasteiger partial charge in [0, 0.05) is 18.5 Å². The maximum atomic E-state index is 5.22. The molecule has 0 aliphatic carbocycles. The molecule has 0 bridgehead atoms. The van der Waals surface area contributed by atoms with Gasteiger partial charge in [-0.2, -0.15) is 0 Å². The van der Waals surface area contributed by atoms with Gasteiger partial charge in [0.15, 0.2) is 5.96 Å². The second-order valence-corrected chi connectivity index (χ2v) is 5.43. The molecule has 1 aromatic carbocycles. The van der Waals surface area contributed by atoms with Gasteiger partial charge in [-0.15, -0.1) is 11.3 Å². The van der Waals surface area contributed by atoms with E-state index < -0.39 is 0 Å². The van der Waals surface area contributed by atoms with Crippen LogP contribution in [-0.2, 0) is 13.1 Å². The van der Waals surface area contributed by atoms with Crippen LogP contribution >= 0.6 is 11.3 Å². The first-order valence-corrected chi connectivity index (χ1v) is 7.57. The summed E-state index contributed by atoms with van der Waals surface area (Å²) in [5.74, 6) is 1.63. The summed E-state index contributed by atoms with van der Waals surface area (Å²) in [7, 11) is 3.44. The molecular formula is C15H20N4OS. The predicted molar refractivity (Wildman–Crippen MR) is 86.9 cm³/mol. The Balaban J connectivity index is 1.86. The highest BCUT2D eigenvalue weighted by Gasteiger charge is 2.03. The van der Waals surface area contributed by atoms with E-state index in [1.807, 2.05) is 30.6 Å². The molecule has 2 rings (SSSR count). The van der Waals surface area contributed by atoms with Crippen LogP contribution in [0, 0.1) is 6.92 Å². The molecule has 1 aromatic heterocycles. The maximum absolute atomic E-state index is 5.22. The number of benzene rings is 1. The van der Waals surface area contributed by atoms with E-state index in [1.165, 1.54) is 4.88 Å². The molecule has 0 radical (unpaired) electrons. The number of thiazole rings is 1. The third-order valence-corrected chi connectivity index (χ3v) is 4.01. The summed E-state index contributed by atoms with van der Waals surface area (Å²) in [5.41, 5.74) is 4.07. The van der Waals surface area contributed by atoms with Gasteiger partial charge in [0.1, 0.15) is 5.75 Å². The van der Waals surface area contributed by atoms with Crippen LogP contribution in [-0.4, -0.2) is 25.1 Å². The van der Waals surface area contributed by atoms with E-state index in [0.717, 1.165) is 29.5 Å². The highest BCUT2D eigenvalue weighted by Crippen LogP contribution is 2.12. The molecule has 21 heavy (non-hydrogen) atoms. The van der Waals surface area contributed by atoms with Gasteiger partial charge in [-0.3, -0.25) is 4.99 Å². The van der Waals surface area contributed by atoms with E-state index >= 15 is 0 Å². The molecule has 0 spiro atoms. The van der Waals surface area contributed by atoms with Gasteiger partial charge in [0.2, 0.25) is 0 Å². The molecule has 0 saturated heterocycles. The smallest absolute Gasteiger partial charge is 0.191 e. The van der Waals surface area contributed by atoms with Crippen molar-refractivity contribution in [1.82, 2.24) is 15.6 Å². The number of hydrogen-bond donors (Lipinski definition) is 2. The first-order chi connectivity index (χ1) is 10.2. The Kier molecular flexibility index (Phi) is 5.57. The molecule has 0 unspecified atom stereocenters. The van der Waals surface area contributed by atoms with Crippen LogP contribution in [0.15, 0.2) is 34.8 Å². The standard InChI is InChI=1S/C15H20N4OS/c1-11-14(21-10-19-11)9-18-15(16-2)17-8-12-5-4-6-13(7-12)20-3/h4-7,10H,8-9H2,1-3H3,(H2,16,17,18). The van der Waals surface area contributed by atoms with Gasteiger partial charge >= 0.3 is 0 Å². The summed E-state index contributed by atoms with van der Waals surface area (Å²) < 4.78 is 5.22. The molecule has 0 fully saturated rings. The maximum Gasteiger partial charge on any atom is 0.191 e. The quantitative estimate of drug-likeness (QED) is 0.657. The van der Waals surface area contributed by atoms with Crippen molar-refractivity contribution in [3.8, 4) is 5.75 Å². The summed E-state index contributed by atoms with van der Waals surface area (Å²) in [6, 6.07) is 7.97. The lowest BCUT2D eigenvalue weighted by atomic mass is 10.2. The Morgan fingerprint density at radius 2 is 2.14 bits per heavy atom. The summed E-state index contributed by atoms with van der Waals surface area (Å²) >= 11 is 1.65. The van der Waals surface area contributed by atoms with Crippen LogP contribution in [0.5, 0.6) is 5.75 Å². The Morgan fingerprint density at radius 1 is 1.33 bits per heavy atom. The van der Waals surface area contributed by atoms with E-state index in [4.69, 9.17) is 4.74 Å². The zero-order valence-electron chi connectivity index (χ0n) is 12.5. The molecule has 2 aromatic rings. The molecular weight excluding hydrogens is 284 g/mol. The van der Waals surface area contributed by atoms with Gasteiger partial charge in [-0.25, -0.2) is 4.98 Å². The zero-order chi connectivity index (χ0) is 15.1. The monoisotopic (exact) mass is 304 g/mol. The molecule has 6 heteroatoms. The summed E-state index contributed by atoms with van der Waals surface area (Å²) in [5, 5.41) is 6.58. The summed E-state index contributed by atoms with van der Waals surface area (Å²) in [6.45, 7) is 3.44. The van der Waals surface area contributed by atoms with Crippen LogP contribution in [0.4, 0.5) is 0 Å². The van der Waals surface area contributed by atoms with E-state index in [-0.39, 0.29) is 0 Å². The van der Waals surface area contributed by atoms with Crippen molar-refractivity contribution >= 4 is 17.3 Å². The van der Waals surface area contributed by atoms with Crippen molar-refractivity contribution in [3.63, 3.8) is 0 Å². The predicted octanol–water partition coefficient (Wildman–Crippen LogP) is 2.33. The number of guanidine groups is 1. The Morgan fingerprint density at radius 3 is 2.81 bits per heavy atom. The molecule has 0 saturated carbocycles. The lowest BCUT2D eigenvalue weighted by Gasteiger charge is -2.12. The number of ether oxygens (including phenoxy) is 1. The van der Waals surface area contributed by atoms with Crippen LogP contribution in [0.1, 0.15) is 16.1 Å². The normalized spacial score (nSPS) is 11.3. The van der Waals surface area contributed by atoms with Crippen molar-refractivity contribution in [2.24, 2.45) is 4.99 Å². The minimum atomic E-state index is 0.693. The van der Waals surface area contributed by atoms with Crippen LogP contribution in [0.2, 0.25) is 0 Å². The molecule has 0 aliphatic rings. The van der Waals surface area contributed by atoms with Gasteiger partial charge < -0.3 is 15.4 Å². The molecule has 112 valence electrons. The van der Waals surface area contributed by atoms with Crippen LogP contribution in [0.25, 0.3) is 0 Å². The molecule has 1 heterocycles. The largest absolute Gasteiger partial charge is 0.497 e. The number of nitrogens with one attached hydrogen (secondary N) is 2. The zero-order valence-corrected chi connectivity index (χ0v) is 13.3. The fourth-order valence-corrected chi connectivity index (χ4v) is 2.57. The highest BCUT2D eigenvalue weighted by atomic mass is 32.1. The van der Waals surface area contributed by atoms with Crippen molar-refractivity contribution in [2.45, 2.75) is 20.0 Å². The van der Waals surface area contributed by atoms with E-state index in [2.05, 4.69) is 26.7 Å². The van der Waals surface area contributed by atoms with E-state index in [0.29, 0.717) is 6.54 Å². The average Bonchev–Trinajstić information content (AvgIpc) is 2.93. The SMILES string of the molecule is CN=C(NCc1cccc(OC)c1)NCc1scnc1C. The number of nitrogens with zero attached hydrogens (tertiary/aromatic N) is 2. The number of aliphatic imine (C=N–C) groups is 1. The number of hydrogen-bond acceptors (Lipinski definition) is 4. The molecule has 5 nitrogen and oxygen atoms in total. The van der Waals surface area contributed by atoms with Crippen LogP contribution in [0.3, 0.4) is 0 Å². The number of aromatic nitrogens is 1. The highest BCUT2D eigenvalue weighted by molar-refractivity contribution is 7.09. The Hall–Kier alpha value is -2.08. The summed E-state index contributed by atoms with van der Waals surface area (Å²) in [4.78, 5) is 9.68.